The topological polar surface area (TPSA) is 0 Å². The van der Waals surface area contributed by atoms with Crippen molar-refractivity contribution in [1.82, 2.24) is 0 Å². The fourth-order valence-corrected chi connectivity index (χ4v) is 1.62. The summed E-state index contributed by atoms with van der Waals surface area (Å²) in [7, 11) is 0. The molecule has 0 saturated carbocycles. The van der Waals surface area contributed by atoms with E-state index in [1.165, 1.54) is 6.07 Å². The molecule has 0 saturated heterocycles. The number of benzene rings is 1. The van der Waals surface area contributed by atoms with Crippen LogP contribution in [0.25, 0.3) is 0 Å². The molecular formula is C8H7BrClF. The summed E-state index contributed by atoms with van der Waals surface area (Å²) in [5.41, 5.74) is 1.94. The molecule has 0 aliphatic carbocycles. The van der Waals surface area contributed by atoms with Crippen LogP contribution in [0.4, 0.5) is 4.39 Å². The summed E-state index contributed by atoms with van der Waals surface area (Å²) >= 11 is 8.85. The molecule has 0 nitrogen and oxygen atoms in total. The van der Waals surface area contributed by atoms with Crippen molar-refractivity contribution in [3.05, 3.63) is 34.1 Å². The van der Waals surface area contributed by atoms with Crippen molar-refractivity contribution in [3.63, 3.8) is 0 Å². The van der Waals surface area contributed by atoms with Gasteiger partial charge in [-0.25, -0.2) is 4.39 Å². The van der Waals surface area contributed by atoms with Gasteiger partial charge in [-0.05, 0) is 30.2 Å². The second-order valence-electron chi connectivity index (χ2n) is 2.33. The average molecular weight is 237 g/mol. The highest BCUT2D eigenvalue weighted by atomic mass is 79.9. The van der Waals surface area contributed by atoms with E-state index in [4.69, 9.17) is 11.6 Å². The number of hydrogen-bond acceptors (Lipinski definition) is 0. The normalized spacial score (nSPS) is 10.2. The van der Waals surface area contributed by atoms with Crippen molar-refractivity contribution >= 4 is 27.5 Å². The van der Waals surface area contributed by atoms with Gasteiger partial charge in [-0.2, -0.15) is 0 Å². The van der Waals surface area contributed by atoms with Crippen molar-refractivity contribution in [2.45, 2.75) is 12.3 Å². The maximum absolute atomic E-state index is 12.7. The van der Waals surface area contributed by atoms with Crippen LogP contribution in [-0.2, 0) is 5.33 Å². The van der Waals surface area contributed by atoms with E-state index in [-0.39, 0.29) is 10.8 Å². The summed E-state index contributed by atoms with van der Waals surface area (Å²) in [6, 6.07) is 3.08. The first-order valence-electron chi connectivity index (χ1n) is 3.15. The third-order valence-electron chi connectivity index (χ3n) is 1.52. The SMILES string of the molecule is Cc1cc(F)c(Cl)cc1CBr. The monoisotopic (exact) mass is 236 g/mol. The minimum atomic E-state index is -0.353. The molecular weight excluding hydrogens is 230 g/mol. The lowest BCUT2D eigenvalue weighted by Crippen LogP contribution is -1.87. The van der Waals surface area contributed by atoms with E-state index in [2.05, 4.69) is 15.9 Å². The first-order chi connectivity index (χ1) is 5.15. The number of alkyl halides is 1. The van der Waals surface area contributed by atoms with Crippen LogP contribution >= 0.6 is 27.5 Å². The quantitative estimate of drug-likeness (QED) is 0.654. The molecule has 11 heavy (non-hydrogen) atoms. The zero-order valence-corrected chi connectivity index (χ0v) is 8.34. The van der Waals surface area contributed by atoms with Gasteiger partial charge in [0.15, 0.2) is 0 Å². The summed E-state index contributed by atoms with van der Waals surface area (Å²) < 4.78 is 12.7. The third kappa shape index (κ3) is 1.94. The van der Waals surface area contributed by atoms with Crippen LogP contribution in [0.1, 0.15) is 11.1 Å². The van der Waals surface area contributed by atoms with Crippen molar-refractivity contribution in [2.24, 2.45) is 0 Å². The van der Waals surface area contributed by atoms with Crippen LogP contribution in [0, 0.1) is 12.7 Å². The highest BCUT2D eigenvalue weighted by molar-refractivity contribution is 9.08. The van der Waals surface area contributed by atoms with Crippen molar-refractivity contribution in [1.29, 1.82) is 0 Å². The Morgan fingerprint density at radius 3 is 2.73 bits per heavy atom. The highest BCUT2D eigenvalue weighted by Crippen LogP contribution is 2.21. The van der Waals surface area contributed by atoms with Crippen LogP contribution in [0.3, 0.4) is 0 Å². The molecule has 0 aromatic heterocycles. The largest absolute Gasteiger partial charge is 0.205 e. The minimum absolute atomic E-state index is 0.185. The van der Waals surface area contributed by atoms with Crippen LogP contribution in [0.5, 0.6) is 0 Å². The number of hydrogen-bond donors (Lipinski definition) is 0. The van der Waals surface area contributed by atoms with Crippen molar-refractivity contribution in [2.75, 3.05) is 0 Å². The lowest BCUT2D eigenvalue weighted by atomic mass is 10.1. The van der Waals surface area contributed by atoms with Gasteiger partial charge in [-0.3, -0.25) is 0 Å². The average Bonchev–Trinajstić information content (AvgIpc) is 1.97. The molecule has 0 radical (unpaired) electrons. The fourth-order valence-electron chi connectivity index (χ4n) is 0.831. The predicted molar refractivity (Wildman–Crippen MR) is 48.8 cm³/mol. The van der Waals surface area contributed by atoms with E-state index in [1.807, 2.05) is 6.92 Å². The number of rotatable bonds is 1. The summed E-state index contributed by atoms with van der Waals surface area (Å²) in [5, 5.41) is 0.892. The molecule has 1 rings (SSSR count). The van der Waals surface area contributed by atoms with Gasteiger partial charge >= 0.3 is 0 Å². The molecule has 3 heteroatoms. The molecule has 0 amide bonds. The first-order valence-corrected chi connectivity index (χ1v) is 4.65. The second kappa shape index (κ2) is 3.55. The predicted octanol–water partition coefficient (Wildman–Crippen LogP) is 3.68. The van der Waals surface area contributed by atoms with E-state index < -0.39 is 0 Å². The maximum Gasteiger partial charge on any atom is 0.142 e. The fraction of sp³-hybridized carbons (Fsp3) is 0.250. The Hall–Kier alpha value is -0.0800. The Labute approximate surface area is 78.5 Å². The van der Waals surface area contributed by atoms with Crippen LogP contribution in [-0.4, -0.2) is 0 Å². The van der Waals surface area contributed by atoms with Crippen LogP contribution < -0.4 is 0 Å². The first kappa shape index (κ1) is 9.01. The molecule has 1 aromatic carbocycles. The number of aryl methyl sites for hydroxylation is 1. The minimum Gasteiger partial charge on any atom is -0.205 e. The molecule has 0 fully saturated rings. The standard InChI is InChI=1S/C8H7BrClF/c1-5-2-8(11)7(10)3-6(5)4-9/h2-3H,4H2,1H3. The zero-order valence-electron chi connectivity index (χ0n) is 6.00. The zero-order chi connectivity index (χ0) is 8.43. The lowest BCUT2D eigenvalue weighted by Gasteiger charge is -2.02. The van der Waals surface area contributed by atoms with Gasteiger partial charge in [0.25, 0.3) is 0 Å². The highest BCUT2D eigenvalue weighted by Gasteiger charge is 2.03. The Bertz CT molecular complexity index is 273. The lowest BCUT2D eigenvalue weighted by molar-refractivity contribution is 0.626. The van der Waals surface area contributed by atoms with Gasteiger partial charge in [0.05, 0.1) is 5.02 Å². The van der Waals surface area contributed by atoms with E-state index in [9.17, 15) is 4.39 Å². The summed E-state index contributed by atoms with van der Waals surface area (Å²) in [6.07, 6.45) is 0. The summed E-state index contributed by atoms with van der Waals surface area (Å²) in [4.78, 5) is 0. The molecule has 1 aromatic rings. The molecule has 0 N–H and O–H groups in total. The Balaban J connectivity index is 3.21. The molecule has 0 heterocycles. The van der Waals surface area contributed by atoms with Crippen LogP contribution in [0.15, 0.2) is 12.1 Å². The summed E-state index contributed by atoms with van der Waals surface area (Å²) in [6.45, 7) is 1.86. The van der Waals surface area contributed by atoms with Crippen molar-refractivity contribution < 1.29 is 4.39 Å². The molecule has 60 valence electrons. The van der Waals surface area contributed by atoms with Gasteiger partial charge in [0.1, 0.15) is 5.82 Å². The molecule has 0 aliphatic rings. The molecule has 0 atom stereocenters. The second-order valence-corrected chi connectivity index (χ2v) is 3.29. The van der Waals surface area contributed by atoms with E-state index in [0.717, 1.165) is 11.1 Å². The van der Waals surface area contributed by atoms with E-state index >= 15 is 0 Å². The third-order valence-corrected chi connectivity index (χ3v) is 2.42. The number of halogens is 3. The van der Waals surface area contributed by atoms with Crippen LogP contribution in [0.2, 0.25) is 5.02 Å². The Morgan fingerprint density at radius 2 is 2.18 bits per heavy atom. The molecule has 0 unspecified atom stereocenters. The Morgan fingerprint density at radius 1 is 1.55 bits per heavy atom. The molecule has 0 aliphatic heterocycles. The van der Waals surface area contributed by atoms with Gasteiger partial charge in [-0.1, -0.05) is 27.5 Å². The smallest absolute Gasteiger partial charge is 0.142 e. The van der Waals surface area contributed by atoms with E-state index in [0.29, 0.717) is 5.33 Å². The molecule has 0 spiro atoms. The van der Waals surface area contributed by atoms with Gasteiger partial charge in [0.2, 0.25) is 0 Å². The van der Waals surface area contributed by atoms with Gasteiger partial charge < -0.3 is 0 Å². The van der Waals surface area contributed by atoms with Crippen molar-refractivity contribution in [3.8, 4) is 0 Å². The van der Waals surface area contributed by atoms with Gasteiger partial charge in [-0.15, -0.1) is 0 Å². The molecule has 0 bridgehead atoms. The Kier molecular flexibility index (Phi) is 2.90. The van der Waals surface area contributed by atoms with Gasteiger partial charge in [0, 0.05) is 5.33 Å². The maximum atomic E-state index is 12.7. The summed E-state index contributed by atoms with van der Waals surface area (Å²) in [5.74, 6) is -0.353. The van der Waals surface area contributed by atoms with E-state index in [1.54, 1.807) is 6.07 Å².